The molecule has 1 amide bonds. The van der Waals surface area contributed by atoms with E-state index in [0.29, 0.717) is 42.6 Å². The number of hydrogen-bond acceptors (Lipinski definition) is 6. The molecule has 0 aliphatic carbocycles. The Kier molecular flexibility index (Phi) is 4.55. The molecule has 3 heterocycles. The minimum absolute atomic E-state index is 0.0172. The highest BCUT2D eigenvalue weighted by Gasteiger charge is 2.27. The molecule has 1 aromatic carbocycles. The Labute approximate surface area is 156 Å². The number of carbonyl (C=O) groups is 1. The Morgan fingerprint density at radius 2 is 2.07 bits per heavy atom. The van der Waals surface area contributed by atoms with E-state index in [1.165, 1.54) is 0 Å². The first-order chi connectivity index (χ1) is 13.2. The first-order valence-corrected chi connectivity index (χ1v) is 8.66. The van der Waals surface area contributed by atoms with Crippen LogP contribution in [0.5, 0.6) is 0 Å². The Hall–Kier alpha value is -3.26. The van der Waals surface area contributed by atoms with Gasteiger partial charge in [-0.05, 0) is 23.8 Å². The number of ether oxygens (including phenoxy) is 1. The molecule has 1 aliphatic rings. The molecule has 3 aromatic rings. The van der Waals surface area contributed by atoms with Gasteiger partial charge in [0.05, 0.1) is 17.9 Å². The Morgan fingerprint density at radius 3 is 2.93 bits per heavy atom. The molecular formula is C19H20N6O2. The number of benzene rings is 1. The number of methoxy groups -OCH3 is 1. The molecule has 4 rings (SSSR count). The molecule has 27 heavy (non-hydrogen) atoms. The maximum absolute atomic E-state index is 12.4. The summed E-state index contributed by atoms with van der Waals surface area (Å²) in [5.74, 6) is 1.33. The van der Waals surface area contributed by atoms with Crippen molar-refractivity contribution in [3.8, 4) is 11.5 Å². The van der Waals surface area contributed by atoms with Crippen LogP contribution in [0.1, 0.15) is 15.9 Å². The maximum Gasteiger partial charge on any atom is 0.256 e. The average molecular weight is 364 g/mol. The lowest BCUT2D eigenvalue weighted by molar-refractivity contribution is 0.0817. The molecule has 0 fully saturated rings. The normalized spacial score (nSPS) is 13.1. The van der Waals surface area contributed by atoms with Gasteiger partial charge in [-0.2, -0.15) is 0 Å². The molecule has 8 nitrogen and oxygen atoms in total. The molecule has 1 N–H and O–H groups in total. The van der Waals surface area contributed by atoms with Gasteiger partial charge in [0.2, 0.25) is 0 Å². The van der Waals surface area contributed by atoms with E-state index in [1.54, 1.807) is 25.4 Å². The lowest BCUT2D eigenvalue weighted by atomic mass is 10.1. The van der Waals surface area contributed by atoms with E-state index in [9.17, 15) is 4.79 Å². The van der Waals surface area contributed by atoms with E-state index in [1.807, 2.05) is 41.0 Å². The fraction of sp³-hybridized carbons (Fsp3) is 0.263. The van der Waals surface area contributed by atoms with Crippen LogP contribution < -0.4 is 5.32 Å². The number of hydrogen-bond donors (Lipinski definition) is 1. The summed E-state index contributed by atoms with van der Waals surface area (Å²) >= 11 is 0. The zero-order chi connectivity index (χ0) is 18.8. The van der Waals surface area contributed by atoms with Crippen molar-refractivity contribution in [1.82, 2.24) is 24.6 Å². The second-order valence-electron chi connectivity index (χ2n) is 6.37. The smallest absolute Gasteiger partial charge is 0.256 e. The summed E-state index contributed by atoms with van der Waals surface area (Å²) in [5, 5.41) is 11.4. The molecule has 8 heteroatoms. The molecule has 0 bridgehead atoms. The minimum atomic E-state index is 0.0172. The molecule has 0 unspecified atom stereocenters. The zero-order valence-corrected chi connectivity index (χ0v) is 15.2. The minimum Gasteiger partial charge on any atom is -0.383 e. The average Bonchev–Trinajstić information content (AvgIpc) is 3.25. The highest BCUT2D eigenvalue weighted by molar-refractivity contribution is 6.03. The molecule has 1 aliphatic heterocycles. The third-order valence-corrected chi connectivity index (χ3v) is 4.51. The van der Waals surface area contributed by atoms with Crippen LogP contribution in [0.15, 0.2) is 42.7 Å². The van der Waals surface area contributed by atoms with E-state index >= 15 is 0 Å². The van der Waals surface area contributed by atoms with Gasteiger partial charge in [0, 0.05) is 27.2 Å². The van der Waals surface area contributed by atoms with Crippen molar-refractivity contribution in [2.24, 2.45) is 0 Å². The number of fused-ring (bicyclic) bond motifs is 1. The highest BCUT2D eigenvalue weighted by Crippen LogP contribution is 2.30. The molecule has 0 saturated heterocycles. The second-order valence-corrected chi connectivity index (χ2v) is 6.37. The first-order valence-electron chi connectivity index (χ1n) is 8.66. The predicted molar refractivity (Wildman–Crippen MR) is 101 cm³/mol. The summed E-state index contributed by atoms with van der Waals surface area (Å²) < 4.78 is 7.02. The van der Waals surface area contributed by atoms with E-state index < -0.39 is 0 Å². The van der Waals surface area contributed by atoms with E-state index in [2.05, 4.69) is 20.5 Å². The van der Waals surface area contributed by atoms with Gasteiger partial charge in [-0.1, -0.05) is 18.2 Å². The van der Waals surface area contributed by atoms with Gasteiger partial charge in [-0.3, -0.25) is 4.79 Å². The second kappa shape index (κ2) is 7.16. The maximum atomic E-state index is 12.4. The van der Waals surface area contributed by atoms with Gasteiger partial charge < -0.3 is 19.5 Å². The van der Waals surface area contributed by atoms with Gasteiger partial charge in [-0.25, -0.2) is 4.98 Å². The molecule has 0 atom stereocenters. The zero-order valence-electron chi connectivity index (χ0n) is 15.2. The van der Waals surface area contributed by atoms with Gasteiger partial charge >= 0.3 is 0 Å². The van der Waals surface area contributed by atoms with E-state index in [4.69, 9.17) is 4.74 Å². The Balaban J connectivity index is 1.63. The van der Waals surface area contributed by atoms with Crippen LogP contribution >= 0.6 is 0 Å². The fourth-order valence-corrected chi connectivity index (χ4v) is 3.18. The largest absolute Gasteiger partial charge is 0.383 e. The third-order valence-electron chi connectivity index (χ3n) is 4.51. The summed E-state index contributed by atoms with van der Waals surface area (Å²) in [7, 11) is 3.46. The number of nitrogens with one attached hydrogen (secondary N) is 1. The van der Waals surface area contributed by atoms with E-state index in [-0.39, 0.29) is 5.91 Å². The number of pyridine rings is 1. The summed E-state index contributed by atoms with van der Waals surface area (Å²) in [4.78, 5) is 18.8. The number of anilines is 2. The SMILES string of the molecule is COCCn1cnnc1-c1cccc(Nc2cccc3c2C(=O)N(C)C3)n1. The quantitative estimate of drug-likeness (QED) is 0.722. The van der Waals surface area contributed by atoms with Crippen LogP contribution in [0, 0.1) is 0 Å². The van der Waals surface area contributed by atoms with Crippen molar-refractivity contribution >= 4 is 17.4 Å². The van der Waals surface area contributed by atoms with Crippen molar-refractivity contribution in [1.29, 1.82) is 0 Å². The predicted octanol–water partition coefficient (Wildman–Crippen LogP) is 2.32. The van der Waals surface area contributed by atoms with Crippen molar-refractivity contribution in [2.75, 3.05) is 26.1 Å². The Morgan fingerprint density at radius 1 is 1.22 bits per heavy atom. The topological polar surface area (TPSA) is 85.2 Å². The highest BCUT2D eigenvalue weighted by atomic mass is 16.5. The first kappa shape index (κ1) is 17.2. The molecule has 2 aromatic heterocycles. The number of nitrogens with zero attached hydrogens (tertiary/aromatic N) is 5. The van der Waals surface area contributed by atoms with E-state index in [0.717, 1.165) is 11.3 Å². The summed E-state index contributed by atoms with van der Waals surface area (Å²) in [5.41, 5.74) is 3.18. The van der Waals surface area contributed by atoms with Crippen LogP contribution in [0.4, 0.5) is 11.5 Å². The summed E-state index contributed by atoms with van der Waals surface area (Å²) in [6.45, 7) is 1.83. The van der Waals surface area contributed by atoms with Crippen LogP contribution in [0.2, 0.25) is 0 Å². The number of aromatic nitrogens is 4. The Bertz CT molecular complexity index is 984. The molecule has 0 spiro atoms. The molecule has 0 radical (unpaired) electrons. The fourth-order valence-electron chi connectivity index (χ4n) is 3.18. The lowest BCUT2D eigenvalue weighted by Gasteiger charge is -2.11. The molecular weight excluding hydrogens is 344 g/mol. The third kappa shape index (κ3) is 3.26. The number of rotatable bonds is 6. The molecule has 138 valence electrons. The van der Waals surface area contributed by atoms with Crippen molar-refractivity contribution in [2.45, 2.75) is 13.1 Å². The number of carbonyl (C=O) groups excluding carboxylic acids is 1. The summed E-state index contributed by atoms with van der Waals surface area (Å²) in [6, 6.07) is 11.5. The van der Waals surface area contributed by atoms with Crippen LogP contribution in [0.25, 0.3) is 11.5 Å². The van der Waals surface area contributed by atoms with Crippen LogP contribution in [-0.2, 0) is 17.8 Å². The van der Waals surface area contributed by atoms with Crippen molar-refractivity contribution in [3.63, 3.8) is 0 Å². The number of amides is 1. The van der Waals surface area contributed by atoms with Crippen LogP contribution in [-0.4, -0.2) is 51.3 Å². The van der Waals surface area contributed by atoms with Crippen molar-refractivity contribution in [3.05, 3.63) is 53.9 Å². The van der Waals surface area contributed by atoms with Gasteiger partial charge in [0.25, 0.3) is 5.91 Å². The standard InChI is InChI=1S/C19H20N6O2/c1-24-11-13-5-3-6-14(17(13)19(24)26)21-16-8-4-7-15(22-16)18-23-20-12-25(18)9-10-27-2/h3-8,12H,9-11H2,1-2H3,(H,21,22). The summed E-state index contributed by atoms with van der Waals surface area (Å²) in [6.07, 6.45) is 1.66. The van der Waals surface area contributed by atoms with Crippen LogP contribution in [0.3, 0.4) is 0 Å². The van der Waals surface area contributed by atoms with Gasteiger partial charge in [0.15, 0.2) is 5.82 Å². The molecule has 0 saturated carbocycles. The lowest BCUT2D eigenvalue weighted by Crippen LogP contribution is -2.18. The van der Waals surface area contributed by atoms with Crippen molar-refractivity contribution < 1.29 is 9.53 Å². The monoisotopic (exact) mass is 364 g/mol. The van der Waals surface area contributed by atoms with Gasteiger partial charge in [-0.15, -0.1) is 10.2 Å². The van der Waals surface area contributed by atoms with Gasteiger partial charge in [0.1, 0.15) is 17.8 Å².